The number of hydrogen-bond donors (Lipinski definition) is 1. The number of likely N-dealkylation sites (N-methyl/N-ethyl adjacent to an activating group) is 1. The fourth-order valence-electron chi connectivity index (χ4n) is 2.78. The highest BCUT2D eigenvalue weighted by molar-refractivity contribution is 5.32. The van der Waals surface area contributed by atoms with E-state index in [-0.39, 0.29) is 6.61 Å². The maximum atomic E-state index is 9.13. The Labute approximate surface area is 128 Å². The highest BCUT2D eigenvalue weighted by Crippen LogP contribution is 2.27. The van der Waals surface area contributed by atoms with Crippen LogP contribution in [0.3, 0.4) is 0 Å². The molecule has 0 bridgehead atoms. The largest absolute Gasteiger partial charge is 0.395 e. The molecule has 0 radical (unpaired) electrons. The van der Waals surface area contributed by atoms with Gasteiger partial charge in [-0.15, -0.1) is 0 Å². The summed E-state index contributed by atoms with van der Waals surface area (Å²) in [5.74, 6) is 0.417. The van der Waals surface area contributed by atoms with Gasteiger partial charge in [0.15, 0.2) is 0 Å². The molecule has 2 aromatic carbocycles. The lowest BCUT2D eigenvalue weighted by Crippen LogP contribution is -2.28. The molecule has 0 aliphatic carbocycles. The molecule has 0 aliphatic rings. The van der Waals surface area contributed by atoms with E-state index >= 15 is 0 Å². The van der Waals surface area contributed by atoms with Crippen molar-refractivity contribution in [1.29, 1.82) is 0 Å². The van der Waals surface area contributed by atoms with Gasteiger partial charge in [0.05, 0.1) is 6.61 Å². The molecular weight excluding hydrogens is 258 g/mol. The van der Waals surface area contributed by atoms with E-state index < -0.39 is 0 Å². The van der Waals surface area contributed by atoms with Crippen molar-refractivity contribution in [1.82, 2.24) is 4.90 Å². The Morgan fingerprint density at radius 1 is 0.857 bits per heavy atom. The lowest BCUT2D eigenvalue weighted by atomic mass is 9.88. The molecule has 0 spiro atoms. The average molecular weight is 283 g/mol. The second-order valence-corrected chi connectivity index (χ2v) is 5.32. The fourth-order valence-corrected chi connectivity index (χ4v) is 2.78. The van der Waals surface area contributed by atoms with Gasteiger partial charge in [-0.25, -0.2) is 0 Å². The SMILES string of the molecule is CCN(CCO)CCC(c1ccccc1)c1ccccc1. The molecule has 0 saturated heterocycles. The number of nitrogens with zero attached hydrogens (tertiary/aromatic N) is 1. The van der Waals surface area contributed by atoms with E-state index in [4.69, 9.17) is 5.11 Å². The summed E-state index contributed by atoms with van der Waals surface area (Å²) < 4.78 is 0. The molecule has 21 heavy (non-hydrogen) atoms. The van der Waals surface area contributed by atoms with Gasteiger partial charge < -0.3 is 10.0 Å². The van der Waals surface area contributed by atoms with Gasteiger partial charge in [-0.2, -0.15) is 0 Å². The Hall–Kier alpha value is -1.64. The molecule has 112 valence electrons. The Balaban J connectivity index is 2.13. The normalized spacial score (nSPS) is 11.2. The van der Waals surface area contributed by atoms with Crippen molar-refractivity contribution in [3.8, 4) is 0 Å². The molecule has 1 N–H and O–H groups in total. The smallest absolute Gasteiger partial charge is 0.0558 e. The molecule has 2 rings (SSSR count). The highest BCUT2D eigenvalue weighted by Gasteiger charge is 2.15. The van der Waals surface area contributed by atoms with Crippen LogP contribution in [0.1, 0.15) is 30.4 Å². The van der Waals surface area contributed by atoms with E-state index in [2.05, 4.69) is 72.5 Å². The molecule has 0 aliphatic heterocycles. The first-order valence-electron chi connectivity index (χ1n) is 7.78. The van der Waals surface area contributed by atoms with Crippen molar-refractivity contribution < 1.29 is 5.11 Å². The monoisotopic (exact) mass is 283 g/mol. The van der Waals surface area contributed by atoms with Gasteiger partial charge in [-0.1, -0.05) is 67.6 Å². The van der Waals surface area contributed by atoms with Crippen molar-refractivity contribution >= 4 is 0 Å². The van der Waals surface area contributed by atoms with Gasteiger partial charge in [0.2, 0.25) is 0 Å². The minimum Gasteiger partial charge on any atom is -0.395 e. The molecule has 0 fully saturated rings. The first-order chi connectivity index (χ1) is 10.3. The minimum atomic E-state index is 0.231. The number of aliphatic hydroxyl groups excluding tert-OH is 1. The van der Waals surface area contributed by atoms with Gasteiger partial charge in [0.25, 0.3) is 0 Å². The Bertz CT molecular complexity index is 458. The van der Waals surface area contributed by atoms with Crippen LogP contribution in [0.15, 0.2) is 60.7 Å². The quantitative estimate of drug-likeness (QED) is 0.801. The summed E-state index contributed by atoms with van der Waals surface area (Å²) in [7, 11) is 0. The molecule has 0 aromatic heterocycles. The van der Waals surface area contributed by atoms with Crippen LogP contribution in [-0.4, -0.2) is 36.2 Å². The summed E-state index contributed by atoms with van der Waals surface area (Å²) in [5, 5.41) is 9.13. The van der Waals surface area contributed by atoms with Crippen LogP contribution in [-0.2, 0) is 0 Å². The third kappa shape index (κ3) is 4.69. The highest BCUT2D eigenvalue weighted by atomic mass is 16.3. The van der Waals surface area contributed by atoms with Crippen LogP contribution >= 0.6 is 0 Å². The second-order valence-electron chi connectivity index (χ2n) is 5.32. The zero-order chi connectivity index (χ0) is 14.9. The predicted octanol–water partition coefficient (Wildman–Crippen LogP) is 3.52. The molecule has 2 nitrogen and oxygen atoms in total. The van der Waals surface area contributed by atoms with E-state index in [1.54, 1.807) is 0 Å². The third-order valence-corrected chi connectivity index (χ3v) is 4.00. The molecule has 2 aromatic rings. The Morgan fingerprint density at radius 3 is 1.81 bits per heavy atom. The fraction of sp³-hybridized carbons (Fsp3) is 0.368. The van der Waals surface area contributed by atoms with Crippen LogP contribution < -0.4 is 0 Å². The summed E-state index contributed by atoms with van der Waals surface area (Å²) in [6, 6.07) is 21.4. The summed E-state index contributed by atoms with van der Waals surface area (Å²) >= 11 is 0. The summed E-state index contributed by atoms with van der Waals surface area (Å²) in [4.78, 5) is 2.30. The zero-order valence-corrected chi connectivity index (χ0v) is 12.8. The van der Waals surface area contributed by atoms with Crippen LogP contribution in [0.25, 0.3) is 0 Å². The van der Waals surface area contributed by atoms with Crippen molar-refractivity contribution in [2.45, 2.75) is 19.3 Å². The van der Waals surface area contributed by atoms with Crippen LogP contribution in [0, 0.1) is 0 Å². The third-order valence-electron chi connectivity index (χ3n) is 4.00. The van der Waals surface area contributed by atoms with Crippen LogP contribution in [0.4, 0.5) is 0 Å². The van der Waals surface area contributed by atoms with E-state index in [9.17, 15) is 0 Å². The zero-order valence-electron chi connectivity index (χ0n) is 12.8. The van der Waals surface area contributed by atoms with Gasteiger partial charge in [0.1, 0.15) is 0 Å². The second kappa shape index (κ2) is 8.60. The molecule has 0 amide bonds. The van der Waals surface area contributed by atoms with Gasteiger partial charge in [-0.3, -0.25) is 0 Å². The lowest BCUT2D eigenvalue weighted by Gasteiger charge is -2.24. The average Bonchev–Trinajstić information content (AvgIpc) is 2.56. The van der Waals surface area contributed by atoms with E-state index in [0.29, 0.717) is 5.92 Å². The Morgan fingerprint density at radius 2 is 1.38 bits per heavy atom. The first-order valence-corrected chi connectivity index (χ1v) is 7.78. The molecule has 0 heterocycles. The number of rotatable bonds is 8. The summed E-state index contributed by atoms with van der Waals surface area (Å²) in [6.07, 6.45) is 1.07. The maximum Gasteiger partial charge on any atom is 0.0558 e. The topological polar surface area (TPSA) is 23.5 Å². The number of aliphatic hydroxyl groups is 1. The molecule has 0 saturated carbocycles. The van der Waals surface area contributed by atoms with E-state index in [1.165, 1.54) is 11.1 Å². The van der Waals surface area contributed by atoms with Crippen LogP contribution in [0.2, 0.25) is 0 Å². The van der Waals surface area contributed by atoms with Crippen molar-refractivity contribution in [2.24, 2.45) is 0 Å². The molecular formula is C19H25NO. The van der Waals surface area contributed by atoms with E-state index in [0.717, 1.165) is 26.1 Å². The lowest BCUT2D eigenvalue weighted by molar-refractivity contribution is 0.199. The maximum absolute atomic E-state index is 9.13. The summed E-state index contributed by atoms with van der Waals surface area (Å²) in [5.41, 5.74) is 2.73. The standard InChI is InChI=1S/C19H25NO/c1-2-20(15-16-21)14-13-19(17-9-5-3-6-10-17)18-11-7-4-8-12-18/h3-12,19,21H,2,13-16H2,1H3. The molecule has 2 heteroatoms. The predicted molar refractivity (Wildman–Crippen MR) is 88.5 cm³/mol. The van der Waals surface area contributed by atoms with Crippen LogP contribution in [0.5, 0.6) is 0 Å². The van der Waals surface area contributed by atoms with E-state index in [1.807, 2.05) is 0 Å². The first kappa shape index (κ1) is 15.7. The van der Waals surface area contributed by atoms with Gasteiger partial charge in [-0.05, 0) is 30.6 Å². The Kier molecular flexibility index (Phi) is 6.45. The van der Waals surface area contributed by atoms with Crippen molar-refractivity contribution in [3.05, 3.63) is 71.8 Å². The number of hydrogen-bond acceptors (Lipinski definition) is 2. The van der Waals surface area contributed by atoms with Crippen molar-refractivity contribution in [2.75, 3.05) is 26.2 Å². The van der Waals surface area contributed by atoms with Gasteiger partial charge >= 0.3 is 0 Å². The summed E-state index contributed by atoms with van der Waals surface area (Å²) in [6.45, 7) is 5.13. The van der Waals surface area contributed by atoms with Crippen molar-refractivity contribution in [3.63, 3.8) is 0 Å². The molecule has 0 unspecified atom stereocenters. The number of benzene rings is 2. The molecule has 0 atom stereocenters. The minimum absolute atomic E-state index is 0.231. The van der Waals surface area contributed by atoms with Gasteiger partial charge in [0, 0.05) is 12.5 Å².